The van der Waals surface area contributed by atoms with Gasteiger partial charge in [-0.1, -0.05) is 87.8 Å². The predicted octanol–water partition coefficient (Wildman–Crippen LogP) is 7.40. The third-order valence-corrected chi connectivity index (χ3v) is 8.09. The molecule has 10 heteroatoms. The Bertz CT molecular complexity index is 1660. The molecule has 9 nitrogen and oxygen atoms in total. The number of ether oxygens (including phenoxy) is 2. The van der Waals surface area contributed by atoms with Gasteiger partial charge in [-0.2, -0.15) is 0 Å². The highest BCUT2D eigenvalue weighted by Crippen LogP contribution is 2.45. The van der Waals surface area contributed by atoms with Crippen molar-refractivity contribution in [2.45, 2.75) is 37.3 Å². The molecule has 0 radical (unpaired) electrons. The number of halogens is 1. The normalized spacial score (nSPS) is 17.1. The van der Waals surface area contributed by atoms with Gasteiger partial charge in [0.25, 0.3) is 5.91 Å². The van der Waals surface area contributed by atoms with Crippen molar-refractivity contribution in [2.24, 2.45) is 10.1 Å². The van der Waals surface area contributed by atoms with E-state index in [1.54, 1.807) is 24.3 Å². The van der Waals surface area contributed by atoms with Crippen LogP contribution in [0.5, 0.6) is 5.75 Å². The van der Waals surface area contributed by atoms with E-state index in [1.165, 1.54) is 5.56 Å². The highest BCUT2D eigenvalue weighted by molar-refractivity contribution is 9.10. The summed E-state index contributed by atoms with van der Waals surface area (Å²) in [6.45, 7) is 0.897. The molecule has 4 aromatic rings. The largest absolute Gasteiger partial charge is 0.494 e. The van der Waals surface area contributed by atoms with Crippen LogP contribution in [-0.4, -0.2) is 42.2 Å². The Morgan fingerprint density at radius 3 is 2.44 bits per heavy atom. The van der Waals surface area contributed by atoms with E-state index in [9.17, 15) is 10.3 Å². The Kier molecular flexibility index (Phi) is 10.9. The Labute approximate surface area is 270 Å². The fourth-order valence-electron chi connectivity index (χ4n) is 5.31. The number of aliphatic imine (C=N–C) groups is 1. The van der Waals surface area contributed by atoms with Gasteiger partial charge in [0.05, 0.1) is 6.61 Å². The monoisotopic (exact) mass is 667 g/mol. The van der Waals surface area contributed by atoms with Crippen LogP contribution in [0.3, 0.4) is 0 Å². The first-order valence-corrected chi connectivity index (χ1v) is 15.6. The average molecular weight is 669 g/mol. The maximum Gasteiger partial charge on any atom is 0.252 e. The number of azide groups is 1. The zero-order valence-electron chi connectivity index (χ0n) is 24.7. The van der Waals surface area contributed by atoms with E-state index in [4.69, 9.17) is 19.6 Å². The van der Waals surface area contributed by atoms with E-state index in [-0.39, 0.29) is 18.9 Å². The van der Waals surface area contributed by atoms with Crippen LogP contribution in [0.2, 0.25) is 0 Å². The van der Waals surface area contributed by atoms with Gasteiger partial charge in [0, 0.05) is 52.2 Å². The molecule has 0 aromatic heterocycles. The van der Waals surface area contributed by atoms with Crippen LogP contribution in [0, 0.1) is 0 Å². The number of nitrogens with one attached hydrogen (secondary N) is 1. The maximum atomic E-state index is 14.4. The Morgan fingerprint density at radius 2 is 1.71 bits per heavy atom. The molecule has 2 atom stereocenters. The van der Waals surface area contributed by atoms with Crippen LogP contribution < -0.4 is 10.1 Å². The number of carbonyl (C=O) groups excluding carboxylic acids is 1. The second-order valence-electron chi connectivity index (χ2n) is 10.7. The Balaban J connectivity index is 1.53. The first kappa shape index (κ1) is 31.8. The standard InChI is InChI=1S/C35H34BrN5O4/c36-28-17-13-26(14-18-28)24-35(34(43)38-21-6-10-25-8-2-1-3-9-25)32(30-11-4-5-12-31(30)40-41-37)45-33(39-35)27-15-19-29(20-16-27)44-23-7-22-42/h1-5,8-9,11-20,32,42H,6-7,10,21-24H2,(H,38,43)/t32-,35-/m1/s1. The first-order chi connectivity index (χ1) is 22.0. The molecule has 0 unspecified atom stereocenters. The fourth-order valence-corrected chi connectivity index (χ4v) is 5.58. The van der Waals surface area contributed by atoms with Crippen molar-refractivity contribution in [1.82, 2.24) is 5.32 Å². The van der Waals surface area contributed by atoms with Crippen LogP contribution in [-0.2, 0) is 22.4 Å². The molecule has 1 aliphatic heterocycles. The molecule has 1 amide bonds. The number of rotatable bonds is 14. The van der Waals surface area contributed by atoms with Crippen molar-refractivity contribution in [2.75, 3.05) is 19.8 Å². The van der Waals surface area contributed by atoms with Crippen LogP contribution in [0.4, 0.5) is 5.69 Å². The van der Waals surface area contributed by atoms with Gasteiger partial charge >= 0.3 is 0 Å². The van der Waals surface area contributed by atoms with E-state index < -0.39 is 11.6 Å². The molecule has 0 saturated heterocycles. The number of carbonyl (C=O) groups is 1. The summed E-state index contributed by atoms with van der Waals surface area (Å²) in [5, 5.41) is 16.1. The lowest BCUT2D eigenvalue weighted by atomic mass is 9.81. The van der Waals surface area contributed by atoms with Gasteiger partial charge in [-0.05, 0) is 65.9 Å². The lowest BCUT2D eigenvalue weighted by Gasteiger charge is -2.31. The number of benzene rings is 4. The lowest BCUT2D eigenvalue weighted by Crippen LogP contribution is -2.50. The van der Waals surface area contributed by atoms with E-state index in [2.05, 4.69) is 43.4 Å². The van der Waals surface area contributed by atoms with Gasteiger partial charge in [0.2, 0.25) is 5.90 Å². The van der Waals surface area contributed by atoms with Gasteiger partial charge in [0.15, 0.2) is 11.6 Å². The molecule has 1 heterocycles. The van der Waals surface area contributed by atoms with Gasteiger partial charge in [0.1, 0.15) is 5.75 Å². The average Bonchev–Trinajstić information content (AvgIpc) is 3.45. The fraction of sp³-hybridized carbons (Fsp3) is 0.257. The number of aliphatic hydroxyl groups excluding tert-OH is 1. The third-order valence-electron chi connectivity index (χ3n) is 7.56. The Morgan fingerprint density at radius 1 is 0.978 bits per heavy atom. The summed E-state index contributed by atoms with van der Waals surface area (Å²) in [7, 11) is 0. The van der Waals surface area contributed by atoms with Gasteiger partial charge < -0.3 is 19.9 Å². The quantitative estimate of drug-likeness (QED) is 0.0628. The van der Waals surface area contributed by atoms with Gasteiger partial charge in [-0.15, -0.1) is 0 Å². The number of hydrogen-bond acceptors (Lipinski definition) is 6. The molecule has 45 heavy (non-hydrogen) atoms. The molecule has 0 spiro atoms. The summed E-state index contributed by atoms with van der Waals surface area (Å²) >= 11 is 3.50. The van der Waals surface area contributed by atoms with Crippen molar-refractivity contribution >= 4 is 33.4 Å². The zero-order chi connectivity index (χ0) is 31.5. The van der Waals surface area contributed by atoms with Crippen molar-refractivity contribution in [3.05, 3.63) is 140 Å². The molecule has 0 bridgehead atoms. The zero-order valence-corrected chi connectivity index (χ0v) is 26.3. The number of amides is 1. The molecule has 230 valence electrons. The van der Waals surface area contributed by atoms with E-state index in [0.717, 1.165) is 22.9 Å². The molecule has 1 aliphatic rings. The summed E-state index contributed by atoms with van der Waals surface area (Å²) in [4.78, 5) is 22.5. The van der Waals surface area contributed by atoms with E-state index in [0.29, 0.717) is 48.0 Å². The molecule has 0 saturated carbocycles. The summed E-state index contributed by atoms with van der Waals surface area (Å²) in [6, 6.07) is 32.3. The maximum absolute atomic E-state index is 14.4. The van der Waals surface area contributed by atoms with Gasteiger partial charge in [-0.25, -0.2) is 4.99 Å². The number of hydrogen-bond donors (Lipinski definition) is 2. The highest BCUT2D eigenvalue weighted by Gasteiger charge is 2.53. The van der Waals surface area contributed by atoms with Gasteiger partial charge in [-0.3, -0.25) is 4.79 Å². The van der Waals surface area contributed by atoms with Crippen LogP contribution >= 0.6 is 15.9 Å². The van der Waals surface area contributed by atoms with Crippen LogP contribution in [0.1, 0.15) is 41.2 Å². The second-order valence-corrected chi connectivity index (χ2v) is 11.6. The van der Waals surface area contributed by atoms with Crippen molar-refractivity contribution in [3.63, 3.8) is 0 Å². The Hall–Kier alpha value is -4.63. The van der Waals surface area contributed by atoms with Crippen molar-refractivity contribution in [1.29, 1.82) is 0 Å². The molecule has 5 rings (SSSR count). The van der Waals surface area contributed by atoms with Crippen LogP contribution in [0.25, 0.3) is 10.4 Å². The summed E-state index contributed by atoms with van der Waals surface area (Å²) in [6.07, 6.45) is 1.46. The molecule has 4 aromatic carbocycles. The second kappa shape index (κ2) is 15.4. The molecular weight excluding hydrogens is 634 g/mol. The topological polar surface area (TPSA) is 129 Å². The first-order valence-electron chi connectivity index (χ1n) is 14.8. The van der Waals surface area contributed by atoms with Crippen LogP contribution in [0.15, 0.2) is 118 Å². The third kappa shape index (κ3) is 7.91. The summed E-state index contributed by atoms with van der Waals surface area (Å²) in [5.41, 5.74) is 11.6. The summed E-state index contributed by atoms with van der Waals surface area (Å²) < 4.78 is 13.2. The van der Waals surface area contributed by atoms with E-state index in [1.807, 2.05) is 66.7 Å². The van der Waals surface area contributed by atoms with Crippen molar-refractivity contribution in [3.8, 4) is 5.75 Å². The highest BCUT2D eigenvalue weighted by atomic mass is 79.9. The number of aryl methyl sites for hydroxylation is 1. The summed E-state index contributed by atoms with van der Waals surface area (Å²) in [5.74, 6) is 0.667. The molecule has 0 fully saturated rings. The SMILES string of the molecule is [N-]=[N+]=Nc1ccccc1[C@H]1OC(c2ccc(OCCCO)cc2)=N[C@@]1(Cc1ccc(Br)cc1)C(=O)NCCCc1ccccc1. The molecule has 2 N–H and O–H groups in total. The van der Waals surface area contributed by atoms with E-state index >= 15 is 0 Å². The minimum Gasteiger partial charge on any atom is -0.494 e. The molecular formula is C35H34BrN5O4. The lowest BCUT2D eigenvalue weighted by molar-refractivity contribution is -0.128. The minimum atomic E-state index is -1.41. The smallest absolute Gasteiger partial charge is 0.252 e. The molecule has 0 aliphatic carbocycles. The number of nitrogens with zero attached hydrogens (tertiary/aromatic N) is 4. The van der Waals surface area contributed by atoms with Crippen molar-refractivity contribution < 1.29 is 19.4 Å². The number of aliphatic hydroxyl groups is 1. The predicted molar refractivity (Wildman–Crippen MR) is 178 cm³/mol. The minimum absolute atomic E-state index is 0.0518.